The van der Waals surface area contributed by atoms with Gasteiger partial charge in [0.25, 0.3) is 0 Å². The van der Waals surface area contributed by atoms with E-state index in [0.717, 1.165) is 11.3 Å². The van der Waals surface area contributed by atoms with E-state index >= 15 is 0 Å². The molecule has 5 nitrogen and oxygen atoms in total. The van der Waals surface area contributed by atoms with E-state index < -0.39 is 5.97 Å². The van der Waals surface area contributed by atoms with Crippen LogP contribution in [0.3, 0.4) is 0 Å². The number of anilines is 1. The van der Waals surface area contributed by atoms with Crippen LogP contribution in [0.2, 0.25) is 0 Å². The maximum Gasteiger partial charge on any atom is 0.324 e. The van der Waals surface area contributed by atoms with Crippen LogP contribution in [0.15, 0.2) is 24.3 Å². The maximum atomic E-state index is 12.6. The smallest absolute Gasteiger partial charge is 0.324 e. The second-order valence-corrected chi connectivity index (χ2v) is 5.47. The summed E-state index contributed by atoms with van der Waals surface area (Å²) < 4.78 is 0. The summed E-state index contributed by atoms with van der Waals surface area (Å²) in [6, 6.07) is 7.83. The van der Waals surface area contributed by atoms with Crippen molar-refractivity contribution in [2.75, 3.05) is 24.5 Å². The average molecular weight is 290 g/mol. The van der Waals surface area contributed by atoms with Crippen molar-refractivity contribution < 1.29 is 14.7 Å². The molecule has 0 saturated carbocycles. The summed E-state index contributed by atoms with van der Waals surface area (Å²) in [5.41, 5.74) is 2.01. The first-order valence-electron chi connectivity index (χ1n) is 7.39. The highest BCUT2D eigenvalue weighted by molar-refractivity contribution is 5.92. The molecule has 2 amide bonds. The van der Waals surface area contributed by atoms with Gasteiger partial charge < -0.3 is 10.0 Å². The van der Waals surface area contributed by atoms with Crippen molar-refractivity contribution in [1.82, 2.24) is 4.90 Å². The second-order valence-electron chi connectivity index (χ2n) is 5.47. The summed E-state index contributed by atoms with van der Waals surface area (Å²) in [5, 5.41) is 9.01. The molecule has 1 aliphatic heterocycles. The van der Waals surface area contributed by atoms with Gasteiger partial charge in [-0.15, -0.1) is 0 Å². The topological polar surface area (TPSA) is 60.9 Å². The largest absolute Gasteiger partial charge is 0.481 e. The Kier molecular flexibility index (Phi) is 4.83. The zero-order chi connectivity index (χ0) is 15.4. The Hall–Kier alpha value is -2.04. The number of carboxylic acid groups (broad SMARTS) is 1. The summed E-state index contributed by atoms with van der Waals surface area (Å²) in [4.78, 5) is 27.1. The van der Waals surface area contributed by atoms with Gasteiger partial charge in [0.15, 0.2) is 0 Å². The molecule has 0 bridgehead atoms. The minimum Gasteiger partial charge on any atom is -0.481 e. The van der Waals surface area contributed by atoms with Gasteiger partial charge in [-0.25, -0.2) is 4.79 Å². The van der Waals surface area contributed by atoms with E-state index in [4.69, 9.17) is 5.11 Å². The summed E-state index contributed by atoms with van der Waals surface area (Å²) in [6.07, 6.45) is 1.07. The highest BCUT2D eigenvalue weighted by Crippen LogP contribution is 2.22. The quantitative estimate of drug-likeness (QED) is 0.931. The Balaban J connectivity index is 2.06. The summed E-state index contributed by atoms with van der Waals surface area (Å²) in [6.45, 7) is 5.57. The van der Waals surface area contributed by atoms with Crippen LogP contribution >= 0.6 is 0 Å². The molecule has 0 atom stereocenters. The van der Waals surface area contributed by atoms with E-state index in [1.807, 2.05) is 38.1 Å². The fourth-order valence-electron chi connectivity index (χ4n) is 2.71. The SMILES string of the molecule is CCN(C(=O)N1CCC(C(=O)O)CC1)c1cccc(C)c1. The number of benzene rings is 1. The van der Waals surface area contributed by atoms with Gasteiger partial charge in [-0.05, 0) is 44.4 Å². The first-order valence-corrected chi connectivity index (χ1v) is 7.39. The summed E-state index contributed by atoms with van der Waals surface area (Å²) >= 11 is 0. The Morgan fingerprint density at radius 2 is 2.00 bits per heavy atom. The minimum atomic E-state index is -0.756. The van der Waals surface area contributed by atoms with Gasteiger partial charge in [0.2, 0.25) is 0 Å². The van der Waals surface area contributed by atoms with Crippen LogP contribution in [0, 0.1) is 12.8 Å². The molecule has 1 N–H and O–H groups in total. The Morgan fingerprint density at radius 3 is 2.52 bits per heavy atom. The molecule has 2 rings (SSSR count). The normalized spacial score (nSPS) is 15.8. The van der Waals surface area contributed by atoms with E-state index in [9.17, 15) is 9.59 Å². The minimum absolute atomic E-state index is 0.0352. The van der Waals surface area contributed by atoms with Crippen LogP contribution in [0.25, 0.3) is 0 Å². The molecule has 0 spiro atoms. The number of likely N-dealkylation sites (tertiary alicyclic amines) is 1. The predicted octanol–water partition coefficient (Wildman–Crippen LogP) is 2.74. The maximum absolute atomic E-state index is 12.6. The van der Waals surface area contributed by atoms with Crippen molar-refractivity contribution >= 4 is 17.7 Å². The molecular formula is C16H22N2O3. The van der Waals surface area contributed by atoms with Crippen molar-refractivity contribution in [3.05, 3.63) is 29.8 Å². The summed E-state index contributed by atoms with van der Waals surface area (Å²) in [7, 11) is 0. The third-order valence-corrected chi connectivity index (χ3v) is 3.98. The highest BCUT2D eigenvalue weighted by Gasteiger charge is 2.29. The molecule has 0 radical (unpaired) electrons. The number of aryl methyl sites for hydroxylation is 1. The van der Waals surface area contributed by atoms with Gasteiger partial charge >= 0.3 is 12.0 Å². The molecule has 1 aromatic carbocycles. The van der Waals surface area contributed by atoms with Crippen LogP contribution in [-0.4, -0.2) is 41.6 Å². The van der Waals surface area contributed by atoms with Crippen LogP contribution in [0.5, 0.6) is 0 Å². The van der Waals surface area contributed by atoms with Gasteiger partial charge in [0.05, 0.1) is 5.92 Å². The molecule has 114 valence electrons. The van der Waals surface area contributed by atoms with Gasteiger partial charge in [0, 0.05) is 25.3 Å². The average Bonchev–Trinajstić information content (AvgIpc) is 2.48. The number of carboxylic acids is 1. The van der Waals surface area contributed by atoms with Gasteiger partial charge in [-0.3, -0.25) is 9.69 Å². The molecule has 0 aliphatic carbocycles. The van der Waals surface area contributed by atoms with E-state index in [2.05, 4.69) is 0 Å². The Labute approximate surface area is 125 Å². The fourth-order valence-corrected chi connectivity index (χ4v) is 2.71. The molecular weight excluding hydrogens is 268 g/mol. The van der Waals surface area contributed by atoms with Crippen LogP contribution in [0.4, 0.5) is 10.5 Å². The summed E-state index contributed by atoms with van der Waals surface area (Å²) in [5.74, 6) is -1.07. The van der Waals surface area contributed by atoms with Crippen LogP contribution in [-0.2, 0) is 4.79 Å². The molecule has 0 unspecified atom stereocenters. The van der Waals surface area contributed by atoms with Crippen molar-refractivity contribution in [3.63, 3.8) is 0 Å². The zero-order valence-corrected chi connectivity index (χ0v) is 12.6. The molecule has 1 heterocycles. The number of urea groups is 1. The molecule has 1 aromatic rings. The van der Waals surface area contributed by atoms with Gasteiger partial charge in [-0.2, -0.15) is 0 Å². The zero-order valence-electron chi connectivity index (χ0n) is 12.6. The Bertz CT molecular complexity index is 522. The first kappa shape index (κ1) is 15.4. The first-order chi connectivity index (χ1) is 10.0. The van der Waals surface area contributed by atoms with E-state index in [1.54, 1.807) is 9.80 Å². The molecule has 5 heteroatoms. The number of aliphatic carboxylic acids is 1. The number of hydrogen-bond acceptors (Lipinski definition) is 2. The third-order valence-electron chi connectivity index (χ3n) is 3.98. The van der Waals surface area contributed by atoms with Crippen LogP contribution in [0.1, 0.15) is 25.3 Å². The highest BCUT2D eigenvalue weighted by atomic mass is 16.4. The number of carbonyl (C=O) groups excluding carboxylic acids is 1. The number of carbonyl (C=O) groups is 2. The number of rotatable bonds is 3. The lowest BCUT2D eigenvalue weighted by Gasteiger charge is -2.34. The van der Waals surface area contributed by atoms with Gasteiger partial charge in [-0.1, -0.05) is 12.1 Å². The van der Waals surface area contributed by atoms with Crippen molar-refractivity contribution in [2.45, 2.75) is 26.7 Å². The number of amides is 2. The van der Waals surface area contributed by atoms with E-state index in [0.29, 0.717) is 32.5 Å². The Morgan fingerprint density at radius 1 is 1.33 bits per heavy atom. The second kappa shape index (κ2) is 6.61. The van der Waals surface area contributed by atoms with E-state index in [1.165, 1.54) is 0 Å². The molecule has 21 heavy (non-hydrogen) atoms. The fraction of sp³-hybridized carbons (Fsp3) is 0.500. The predicted molar refractivity (Wildman–Crippen MR) is 81.5 cm³/mol. The monoisotopic (exact) mass is 290 g/mol. The number of hydrogen-bond donors (Lipinski definition) is 1. The van der Waals surface area contributed by atoms with Crippen molar-refractivity contribution in [2.24, 2.45) is 5.92 Å². The molecule has 1 fully saturated rings. The third kappa shape index (κ3) is 3.54. The van der Waals surface area contributed by atoms with Gasteiger partial charge in [0.1, 0.15) is 0 Å². The molecule has 1 saturated heterocycles. The van der Waals surface area contributed by atoms with E-state index in [-0.39, 0.29) is 11.9 Å². The van der Waals surface area contributed by atoms with Crippen molar-refractivity contribution in [3.8, 4) is 0 Å². The van der Waals surface area contributed by atoms with Crippen molar-refractivity contribution in [1.29, 1.82) is 0 Å². The molecule has 1 aliphatic rings. The van der Waals surface area contributed by atoms with Crippen LogP contribution < -0.4 is 4.90 Å². The molecule has 0 aromatic heterocycles. The standard InChI is InChI=1S/C16H22N2O3/c1-3-18(14-6-4-5-12(2)11-14)16(21)17-9-7-13(8-10-17)15(19)20/h4-6,11,13H,3,7-10H2,1-2H3,(H,19,20). The number of nitrogens with zero attached hydrogens (tertiary/aromatic N) is 2. The lowest BCUT2D eigenvalue weighted by molar-refractivity contribution is -0.143. The lowest BCUT2D eigenvalue weighted by atomic mass is 9.97. The number of piperidine rings is 1. The lowest BCUT2D eigenvalue weighted by Crippen LogP contribution is -2.47.